The summed E-state index contributed by atoms with van der Waals surface area (Å²) in [6.45, 7) is 0. The molecule has 0 bridgehead atoms. The van der Waals surface area contributed by atoms with Gasteiger partial charge in [-0.2, -0.15) is 13.5 Å². The summed E-state index contributed by atoms with van der Waals surface area (Å²) < 4.78 is 33.4. The minimum absolute atomic E-state index is 0.284. The zero-order chi connectivity index (χ0) is 25.2. The Morgan fingerprint density at radius 3 is 1.97 bits per heavy atom. The summed E-state index contributed by atoms with van der Waals surface area (Å²) in [7, 11) is -4.73. The van der Waals surface area contributed by atoms with Crippen molar-refractivity contribution in [3.63, 3.8) is 0 Å². The summed E-state index contributed by atoms with van der Waals surface area (Å²) in [6, 6.07) is 18.0. The molecule has 4 aromatic carbocycles. The Hall–Kier alpha value is -4.68. The number of hydrogen-bond acceptors (Lipinski definition) is 8. The number of nitrogens with zero attached hydrogens (tertiary/aromatic N) is 2. The molecule has 35 heavy (non-hydrogen) atoms. The molecule has 0 saturated heterocycles. The van der Waals surface area contributed by atoms with Crippen LogP contribution in [0.25, 0.3) is 10.8 Å². The highest BCUT2D eigenvalue weighted by Gasteiger charge is 2.22. The van der Waals surface area contributed by atoms with E-state index >= 15 is 0 Å². The second-order valence-electron chi connectivity index (χ2n) is 7.48. The molecular weight excluding hydrogens is 472 g/mol. The molecule has 0 aromatic heterocycles. The first kappa shape index (κ1) is 23.5. The lowest BCUT2D eigenvalue weighted by Crippen LogP contribution is -2.19. The normalized spacial score (nSPS) is 11.6. The van der Waals surface area contributed by atoms with Crippen molar-refractivity contribution < 1.29 is 22.9 Å². The van der Waals surface area contributed by atoms with Gasteiger partial charge in [0.05, 0.1) is 5.69 Å². The van der Waals surface area contributed by atoms with Crippen LogP contribution in [0.2, 0.25) is 0 Å². The first-order valence-electron chi connectivity index (χ1n) is 10.1. The average Bonchev–Trinajstić information content (AvgIpc) is 2.80. The van der Waals surface area contributed by atoms with Gasteiger partial charge in [-0.1, -0.05) is 0 Å². The Kier molecular flexibility index (Phi) is 6.23. The number of nitrogen functional groups attached to an aromatic ring is 2. The largest absolute Gasteiger partial charge is 0.505 e. The van der Waals surface area contributed by atoms with Crippen LogP contribution in [0.15, 0.2) is 87.9 Å². The number of fused-ring (bicyclic) bond motifs is 1. The second kappa shape index (κ2) is 9.29. The molecule has 0 aliphatic heterocycles. The summed E-state index contributed by atoms with van der Waals surface area (Å²) in [5.41, 5.74) is 13.2. The van der Waals surface area contributed by atoms with Gasteiger partial charge in [0.15, 0.2) is 5.75 Å². The van der Waals surface area contributed by atoms with Gasteiger partial charge in [0.1, 0.15) is 10.6 Å². The number of anilines is 4. The van der Waals surface area contributed by atoms with E-state index in [9.17, 15) is 22.9 Å². The molecule has 4 aromatic rings. The molecule has 178 valence electrons. The Morgan fingerprint density at radius 1 is 0.800 bits per heavy atom. The molecule has 11 nitrogen and oxygen atoms in total. The fourth-order valence-corrected chi connectivity index (χ4v) is 3.90. The SMILES string of the molecule is Nc1ccc(NC(=O)Nc2ccc(/N=N/c3c(S(=O)(=O)O)cc4cc(N)ccc4c3O)cc2)cc1. The highest BCUT2D eigenvalue weighted by Crippen LogP contribution is 2.41. The molecule has 0 heterocycles. The molecular formula is C23H20N6O5S. The minimum atomic E-state index is -4.73. The number of nitrogens with two attached hydrogens (primary N) is 2. The van der Waals surface area contributed by atoms with Crippen LogP contribution in [0.3, 0.4) is 0 Å². The Morgan fingerprint density at radius 2 is 1.37 bits per heavy atom. The minimum Gasteiger partial charge on any atom is -0.505 e. The lowest BCUT2D eigenvalue weighted by Gasteiger charge is -2.09. The number of phenolic OH excluding ortho intramolecular Hbond substituents is 1. The molecule has 0 spiro atoms. The number of aromatic hydroxyl groups is 1. The molecule has 0 atom stereocenters. The van der Waals surface area contributed by atoms with Crippen LogP contribution in [0, 0.1) is 0 Å². The van der Waals surface area contributed by atoms with Gasteiger partial charge in [-0.25, -0.2) is 4.79 Å². The highest BCUT2D eigenvalue weighted by atomic mass is 32.2. The van der Waals surface area contributed by atoms with Crippen molar-refractivity contribution in [2.45, 2.75) is 4.90 Å². The van der Waals surface area contributed by atoms with E-state index < -0.39 is 32.5 Å². The van der Waals surface area contributed by atoms with Crippen molar-refractivity contribution in [1.82, 2.24) is 0 Å². The van der Waals surface area contributed by atoms with Gasteiger partial charge >= 0.3 is 6.03 Å². The van der Waals surface area contributed by atoms with Crippen LogP contribution in [-0.2, 0) is 10.1 Å². The van der Waals surface area contributed by atoms with Crippen LogP contribution in [-0.4, -0.2) is 24.1 Å². The van der Waals surface area contributed by atoms with Crippen LogP contribution < -0.4 is 22.1 Å². The van der Waals surface area contributed by atoms with Crippen molar-refractivity contribution in [3.8, 4) is 5.75 Å². The zero-order valence-corrected chi connectivity index (χ0v) is 18.8. The van der Waals surface area contributed by atoms with E-state index in [2.05, 4.69) is 20.9 Å². The first-order valence-corrected chi connectivity index (χ1v) is 11.5. The van der Waals surface area contributed by atoms with Crippen LogP contribution in [0.4, 0.5) is 38.9 Å². The predicted octanol–water partition coefficient (Wildman–Crippen LogP) is 5.02. The maximum Gasteiger partial charge on any atom is 0.323 e. The molecule has 12 heteroatoms. The van der Waals surface area contributed by atoms with E-state index in [1.54, 1.807) is 36.4 Å². The van der Waals surface area contributed by atoms with Crippen LogP contribution in [0.5, 0.6) is 5.75 Å². The molecule has 8 N–H and O–H groups in total. The highest BCUT2D eigenvalue weighted by molar-refractivity contribution is 7.86. The predicted molar refractivity (Wildman–Crippen MR) is 134 cm³/mol. The van der Waals surface area contributed by atoms with Gasteiger partial charge in [0.2, 0.25) is 0 Å². The van der Waals surface area contributed by atoms with Crippen molar-refractivity contribution >= 4 is 61.0 Å². The summed E-state index contributed by atoms with van der Waals surface area (Å²) in [6.07, 6.45) is 0. The zero-order valence-electron chi connectivity index (χ0n) is 18.0. The van der Waals surface area contributed by atoms with E-state index in [-0.39, 0.29) is 5.39 Å². The van der Waals surface area contributed by atoms with Crippen LogP contribution in [0.1, 0.15) is 0 Å². The number of urea groups is 1. The quantitative estimate of drug-likeness (QED) is 0.128. The number of benzene rings is 4. The third kappa shape index (κ3) is 5.46. The van der Waals surface area contributed by atoms with Crippen molar-refractivity contribution in [3.05, 3.63) is 72.8 Å². The van der Waals surface area contributed by atoms with Gasteiger partial charge in [-0.05, 0) is 78.2 Å². The Balaban J connectivity index is 1.55. The third-order valence-electron chi connectivity index (χ3n) is 4.91. The van der Waals surface area contributed by atoms with Crippen LogP contribution >= 0.6 is 0 Å². The number of nitrogens with one attached hydrogen (secondary N) is 2. The number of hydrogen-bond donors (Lipinski definition) is 6. The second-order valence-corrected chi connectivity index (χ2v) is 8.87. The molecule has 0 unspecified atom stereocenters. The van der Waals surface area contributed by atoms with Crippen molar-refractivity contribution in [1.29, 1.82) is 0 Å². The fourth-order valence-electron chi connectivity index (χ4n) is 3.24. The van der Waals surface area contributed by atoms with Crippen molar-refractivity contribution in [2.75, 3.05) is 22.1 Å². The van der Waals surface area contributed by atoms with E-state index in [1.807, 2.05) is 0 Å². The number of amides is 2. The fraction of sp³-hybridized carbons (Fsp3) is 0. The van der Waals surface area contributed by atoms with Gasteiger partial charge in [-0.3, -0.25) is 4.55 Å². The Bertz CT molecular complexity index is 1550. The van der Waals surface area contributed by atoms with E-state index in [1.165, 1.54) is 30.3 Å². The van der Waals surface area contributed by atoms with Gasteiger partial charge in [0.25, 0.3) is 10.1 Å². The average molecular weight is 493 g/mol. The van der Waals surface area contributed by atoms with E-state index in [0.717, 1.165) is 6.07 Å². The third-order valence-corrected chi connectivity index (χ3v) is 5.78. The molecule has 4 rings (SSSR count). The van der Waals surface area contributed by atoms with Crippen molar-refractivity contribution in [2.24, 2.45) is 10.2 Å². The number of carbonyl (C=O) groups is 1. The summed E-state index contributed by atoms with van der Waals surface area (Å²) in [4.78, 5) is 11.5. The smallest absolute Gasteiger partial charge is 0.323 e. The molecule has 0 saturated carbocycles. The lowest BCUT2D eigenvalue weighted by molar-refractivity contribution is 0.262. The first-order chi connectivity index (χ1) is 16.6. The number of rotatable bonds is 5. The van der Waals surface area contributed by atoms with Gasteiger partial charge < -0.3 is 27.2 Å². The summed E-state index contributed by atoms with van der Waals surface area (Å²) in [5, 5.41) is 24.3. The standard InChI is InChI=1S/C23H20N6O5S/c24-14-1-4-16(5-2-14)26-23(31)27-17-6-8-18(9-7-17)28-29-21-20(35(32,33)34)12-13-11-15(25)3-10-19(13)22(21)30/h1-12,30H,24-25H2,(H2,26,27,31)(H,32,33,34)/b29-28+. The topological polar surface area (TPSA) is 192 Å². The number of azo groups is 1. The molecule has 0 aliphatic rings. The van der Waals surface area contributed by atoms with Gasteiger partial charge in [-0.15, -0.1) is 5.11 Å². The van der Waals surface area contributed by atoms with Gasteiger partial charge in [0, 0.05) is 28.1 Å². The maximum absolute atomic E-state index is 12.1. The molecule has 0 fully saturated rings. The Labute approximate surface area is 199 Å². The summed E-state index contributed by atoms with van der Waals surface area (Å²) >= 11 is 0. The molecule has 0 radical (unpaired) electrons. The summed E-state index contributed by atoms with van der Waals surface area (Å²) in [5.74, 6) is -0.475. The molecule has 2 amide bonds. The maximum atomic E-state index is 12.1. The molecule has 0 aliphatic carbocycles. The van der Waals surface area contributed by atoms with E-state index in [0.29, 0.717) is 33.8 Å². The lowest BCUT2D eigenvalue weighted by atomic mass is 10.1. The number of carbonyl (C=O) groups excluding carboxylic acids is 1. The van der Waals surface area contributed by atoms with E-state index in [4.69, 9.17) is 11.5 Å². The monoisotopic (exact) mass is 492 g/mol. The number of phenols is 1.